The van der Waals surface area contributed by atoms with Crippen molar-refractivity contribution in [2.75, 3.05) is 7.11 Å². The topological polar surface area (TPSA) is 80.2 Å². The smallest absolute Gasteiger partial charge is 0.281 e. The average Bonchev–Trinajstić information content (AvgIpc) is 2.93. The normalized spacial score (nSPS) is 11.3. The van der Waals surface area contributed by atoms with E-state index in [9.17, 15) is 9.90 Å². The number of rotatable bonds is 9. The van der Waals surface area contributed by atoms with Gasteiger partial charge in [-0.25, -0.2) is 5.43 Å². The van der Waals surface area contributed by atoms with E-state index in [1.165, 1.54) is 6.21 Å². The Labute approximate surface area is 218 Å². The number of aliphatic hydroxyl groups is 1. The van der Waals surface area contributed by atoms with E-state index in [1.54, 1.807) is 67.8 Å². The highest BCUT2D eigenvalue weighted by molar-refractivity contribution is 9.10. The van der Waals surface area contributed by atoms with Crippen molar-refractivity contribution in [1.29, 1.82) is 0 Å². The highest BCUT2D eigenvalue weighted by atomic mass is 79.9. The van der Waals surface area contributed by atoms with Crippen molar-refractivity contribution in [1.82, 2.24) is 5.43 Å². The molecule has 0 saturated heterocycles. The van der Waals surface area contributed by atoms with E-state index in [0.29, 0.717) is 39.3 Å². The molecule has 1 amide bonds. The average molecular weight is 545 g/mol. The Morgan fingerprint density at radius 1 is 0.917 bits per heavy atom. The predicted octanol–water partition coefficient (Wildman–Crippen LogP) is 5.42. The van der Waals surface area contributed by atoms with Crippen LogP contribution in [0.25, 0.3) is 0 Å². The van der Waals surface area contributed by atoms with E-state index in [0.717, 1.165) is 5.56 Å². The second-order valence-corrected chi connectivity index (χ2v) is 8.79. The van der Waals surface area contributed by atoms with Gasteiger partial charge in [-0.3, -0.25) is 4.79 Å². The Balaban J connectivity index is 1.53. The van der Waals surface area contributed by atoms with Crippen molar-refractivity contribution in [3.05, 3.63) is 130 Å². The van der Waals surface area contributed by atoms with Gasteiger partial charge in [0.05, 0.1) is 13.3 Å². The van der Waals surface area contributed by atoms with Gasteiger partial charge in [0.25, 0.3) is 5.91 Å². The fourth-order valence-electron chi connectivity index (χ4n) is 3.69. The van der Waals surface area contributed by atoms with Crippen LogP contribution >= 0.6 is 15.9 Å². The molecule has 182 valence electrons. The summed E-state index contributed by atoms with van der Waals surface area (Å²) in [5.41, 5.74) is 3.13. The summed E-state index contributed by atoms with van der Waals surface area (Å²) in [4.78, 5) is 13.2. The molecule has 0 aliphatic carbocycles. The first-order chi connectivity index (χ1) is 17.5. The van der Waals surface area contributed by atoms with E-state index in [2.05, 4.69) is 26.5 Å². The molecule has 4 aromatic carbocycles. The van der Waals surface area contributed by atoms with Crippen molar-refractivity contribution >= 4 is 28.1 Å². The number of hydrazone groups is 1. The lowest BCUT2D eigenvalue weighted by Crippen LogP contribution is -2.43. The van der Waals surface area contributed by atoms with Crippen LogP contribution in [0.4, 0.5) is 0 Å². The molecule has 4 aromatic rings. The first-order valence-corrected chi connectivity index (χ1v) is 12.0. The van der Waals surface area contributed by atoms with E-state index in [4.69, 9.17) is 9.47 Å². The van der Waals surface area contributed by atoms with Crippen LogP contribution in [0.3, 0.4) is 0 Å². The second kappa shape index (κ2) is 11.7. The zero-order valence-corrected chi connectivity index (χ0v) is 21.2. The molecule has 0 radical (unpaired) electrons. The standard InChI is InChI=1S/C29H25BrN2O4/c1-35-26-17-22(25(30)18-27(26)36-20-21-11-5-2-6-12-21)19-31-32-28(33)29(34,23-13-7-3-8-14-23)24-15-9-4-10-16-24/h2-19,34H,20H2,1H3,(H,32,33)/b31-19+. The van der Waals surface area contributed by atoms with Crippen LogP contribution in [0.5, 0.6) is 11.5 Å². The lowest BCUT2D eigenvalue weighted by molar-refractivity contribution is -0.136. The minimum Gasteiger partial charge on any atom is -0.493 e. The van der Waals surface area contributed by atoms with Gasteiger partial charge in [0.2, 0.25) is 0 Å². The quantitative estimate of drug-likeness (QED) is 0.217. The number of nitrogens with zero attached hydrogens (tertiary/aromatic N) is 1. The van der Waals surface area contributed by atoms with Crippen molar-refractivity contribution in [2.45, 2.75) is 12.2 Å². The molecule has 6 nitrogen and oxygen atoms in total. The Bertz CT molecular complexity index is 1290. The summed E-state index contributed by atoms with van der Waals surface area (Å²) in [6, 6.07) is 30.9. The number of halogens is 1. The maximum Gasteiger partial charge on any atom is 0.281 e. The number of ether oxygens (including phenoxy) is 2. The molecule has 0 spiro atoms. The third-order valence-electron chi connectivity index (χ3n) is 5.60. The van der Waals surface area contributed by atoms with E-state index in [-0.39, 0.29) is 0 Å². The highest BCUT2D eigenvalue weighted by Gasteiger charge is 2.39. The molecule has 36 heavy (non-hydrogen) atoms. The van der Waals surface area contributed by atoms with Crippen LogP contribution in [0.1, 0.15) is 22.3 Å². The maximum atomic E-state index is 13.2. The molecular formula is C29H25BrN2O4. The summed E-state index contributed by atoms with van der Waals surface area (Å²) < 4.78 is 12.1. The first kappa shape index (κ1) is 25.2. The Kier molecular flexibility index (Phi) is 8.15. The number of hydrogen-bond donors (Lipinski definition) is 2. The van der Waals surface area contributed by atoms with Crippen LogP contribution in [0, 0.1) is 0 Å². The number of carbonyl (C=O) groups is 1. The van der Waals surface area contributed by atoms with Crippen LogP contribution < -0.4 is 14.9 Å². The molecule has 0 fully saturated rings. The molecule has 0 unspecified atom stereocenters. The van der Waals surface area contributed by atoms with Gasteiger partial charge < -0.3 is 14.6 Å². The minimum absolute atomic E-state index is 0.394. The summed E-state index contributed by atoms with van der Waals surface area (Å²) in [7, 11) is 1.56. The van der Waals surface area contributed by atoms with Gasteiger partial charge >= 0.3 is 0 Å². The number of nitrogens with one attached hydrogen (secondary N) is 1. The molecule has 0 aliphatic rings. The second-order valence-electron chi connectivity index (χ2n) is 7.94. The van der Waals surface area contributed by atoms with E-state index >= 15 is 0 Å². The number of methoxy groups -OCH3 is 1. The summed E-state index contributed by atoms with van der Waals surface area (Å²) >= 11 is 3.53. The fraction of sp³-hybridized carbons (Fsp3) is 0.103. The van der Waals surface area contributed by atoms with Crippen LogP contribution in [-0.4, -0.2) is 24.3 Å². The number of hydrogen-bond acceptors (Lipinski definition) is 5. The number of amides is 1. The Morgan fingerprint density at radius 3 is 2.03 bits per heavy atom. The molecule has 0 heterocycles. The zero-order valence-electron chi connectivity index (χ0n) is 19.6. The summed E-state index contributed by atoms with van der Waals surface area (Å²) in [5.74, 6) is 0.408. The third kappa shape index (κ3) is 5.64. The Morgan fingerprint density at radius 2 is 1.47 bits per heavy atom. The molecule has 0 aromatic heterocycles. The third-order valence-corrected chi connectivity index (χ3v) is 6.29. The molecule has 0 aliphatic heterocycles. The first-order valence-electron chi connectivity index (χ1n) is 11.2. The van der Waals surface area contributed by atoms with Gasteiger partial charge in [0.1, 0.15) is 6.61 Å². The zero-order chi connectivity index (χ0) is 25.4. The van der Waals surface area contributed by atoms with Crippen LogP contribution in [-0.2, 0) is 17.0 Å². The van der Waals surface area contributed by atoms with Gasteiger partial charge in [0, 0.05) is 10.0 Å². The van der Waals surface area contributed by atoms with Crippen molar-refractivity contribution in [3.63, 3.8) is 0 Å². The van der Waals surface area contributed by atoms with E-state index < -0.39 is 11.5 Å². The molecule has 2 N–H and O–H groups in total. The number of carbonyl (C=O) groups excluding carboxylic acids is 1. The highest BCUT2D eigenvalue weighted by Crippen LogP contribution is 2.34. The van der Waals surface area contributed by atoms with Crippen LogP contribution in [0.15, 0.2) is 113 Å². The Hall–Kier alpha value is -3.94. The van der Waals surface area contributed by atoms with Gasteiger partial charge in [0.15, 0.2) is 17.1 Å². The SMILES string of the molecule is COc1cc(/C=N/NC(=O)C(O)(c2ccccc2)c2ccccc2)c(Br)cc1OCc1ccccc1. The van der Waals surface area contributed by atoms with Crippen LogP contribution in [0.2, 0.25) is 0 Å². The van der Waals surface area contributed by atoms with Gasteiger partial charge in [-0.05, 0) is 44.8 Å². The largest absolute Gasteiger partial charge is 0.493 e. The minimum atomic E-state index is -1.91. The lowest BCUT2D eigenvalue weighted by Gasteiger charge is -2.27. The molecule has 0 bridgehead atoms. The van der Waals surface area contributed by atoms with Gasteiger partial charge in [-0.15, -0.1) is 0 Å². The molecule has 7 heteroatoms. The number of benzene rings is 4. The van der Waals surface area contributed by atoms with Gasteiger partial charge in [-0.2, -0.15) is 5.10 Å². The van der Waals surface area contributed by atoms with Crippen molar-refractivity contribution in [3.8, 4) is 11.5 Å². The lowest BCUT2D eigenvalue weighted by atomic mass is 9.85. The summed E-state index contributed by atoms with van der Waals surface area (Å²) in [6.45, 7) is 0.394. The summed E-state index contributed by atoms with van der Waals surface area (Å²) in [6.07, 6.45) is 1.47. The van der Waals surface area contributed by atoms with Crippen molar-refractivity contribution < 1.29 is 19.4 Å². The molecule has 4 rings (SSSR count). The van der Waals surface area contributed by atoms with E-state index in [1.807, 2.05) is 42.5 Å². The molecular weight excluding hydrogens is 520 g/mol. The molecule has 0 atom stereocenters. The fourth-order valence-corrected chi connectivity index (χ4v) is 4.11. The molecule has 0 saturated carbocycles. The predicted molar refractivity (Wildman–Crippen MR) is 143 cm³/mol. The summed E-state index contributed by atoms with van der Waals surface area (Å²) in [5, 5.41) is 15.6. The maximum absolute atomic E-state index is 13.2. The monoisotopic (exact) mass is 544 g/mol. The van der Waals surface area contributed by atoms with Crippen molar-refractivity contribution in [2.24, 2.45) is 5.10 Å². The van der Waals surface area contributed by atoms with Gasteiger partial charge in [-0.1, -0.05) is 91.0 Å².